The number of aryl methyl sites for hydroxylation is 2. The van der Waals surface area contributed by atoms with Crippen LogP contribution in [0, 0.1) is 6.92 Å². The van der Waals surface area contributed by atoms with E-state index in [2.05, 4.69) is 10.6 Å². The summed E-state index contributed by atoms with van der Waals surface area (Å²) < 4.78 is 28.0. The molecule has 1 fully saturated rings. The third-order valence-electron chi connectivity index (χ3n) is 6.30. The minimum atomic E-state index is -3.77. The van der Waals surface area contributed by atoms with Gasteiger partial charge in [0.2, 0.25) is 5.91 Å². The number of hydrogen-bond acceptors (Lipinski definition) is 5. The molecule has 4 rings (SSSR count). The molecule has 0 atom stereocenters. The number of likely N-dealkylation sites (tertiary alicyclic amines) is 1. The van der Waals surface area contributed by atoms with E-state index in [1.165, 1.54) is 4.31 Å². The fourth-order valence-corrected chi connectivity index (χ4v) is 5.92. The Morgan fingerprint density at radius 2 is 1.71 bits per heavy atom. The molecule has 9 nitrogen and oxygen atoms in total. The lowest BCUT2D eigenvalue weighted by Crippen LogP contribution is -2.37. The Kier molecular flexibility index (Phi) is 7.39. The summed E-state index contributed by atoms with van der Waals surface area (Å²) in [6, 6.07) is 11.8. The normalized spacial score (nSPS) is 15.6. The largest absolute Gasteiger partial charge is 0.348 e. The van der Waals surface area contributed by atoms with E-state index in [-0.39, 0.29) is 17.3 Å². The predicted molar refractivity (Wildman–Crippen MR) is 133 cm³/mol. The van der Waals surface area contributed by atoms with Gasteiger partial charge in [-0.3, -0.25) is 18.7 Å². The van der Waals surface area contributed by atoms with Crippen LogP contribution in [0.3, 0.4) is 0 Å². The quantitative estimate of drug-likeness (QED) is 0.449. The molecule has 0 bridgehead atoms. The van der Waals surface area contributed by atoms with Crippen molar-refractivity contribution in [2.45, 2.75) is 43.9 Å². The van der Waals surface area contributed by atoms with Gasteiger partial charge in [-0.2, -0.15) is 0 Å². The Hall–Kier alpha value is -3.40. The molecule has 35 heavy (non-hydrogen) atoms. The molecule has 0 aliphatic carbocycles. The van der Waals surface area contributed by atoms with Gasteiger partial charge in [-0.15, -0.1) is 0 Å². The molecule has 2 heterocycles. The lowest BCUT2D eigenvalue weighted by Gasteiger charge is -2.31. The summed E-state index contributed by atoms with van der Waals surface area (Å²) in [6.45, 7) is 3.80. The molecule has 2 aromatic carbocycles. The van der Waals surface area contributed by atoms with Crippen LogP contribution in [-0.2, 0) is 30.8 Å². The second kappa shape index (κ2) is 10.5. The van der Waals surface area contributed by atoms with Gasteiger partial charge in [-0.1, -0.05) is 23.8 Å². The lowest BCUT2D eigenvalue weighted by atomic mass is 10.0. The molecule has 0 spiro atoms. The molecule has 3 amide bonds. The fourth-order valence-electron chi connectivity index (χ4n) is 4.39. The Morgan fingerprint density at radius 1 is 0.971 bits per heavy atom. The van der Waals surface area contributed by atoms with Gasteiger partial charge in [0, 0.05) is 38.3 Å². The predicted octanol–water partition coefficient (Wildman–Crippen LogP) is 2.20. The van der Waals surface area contributed by atoms with E-state index >= 15 is 0 Å². The first-order chi connectivity index (χ1) is 16.8. The number of anilines is 2. The Labute approximate surface area is 205 Å². The molecular formula is C25H30N4O5S. The summed E-state index contributed by atoms with van der Waals surface area (Å²) >= 11 is 0. The van der Waals surface area contributed by atoms with Gasteiger partial charge in [0.05, 0.1) is 10.6 Å². The molecular weight excluding hydrogens is 468 g/mol. The summed E-state index contributed by atoms with van der Waals surface area (Å²) in [5.74, 6) is -1.48. The molecule has 186 valence electrons. The van der Waals surface area contributed by atoms with Gasteiger partial charge in [-0.05, 0) is 62.4 Å². The van der Waals surface area contributed by atoms with Crippen molar-refractivity contribution in [2.24, 2.45) is 0 Å². The van der Waals surface area contributed by atoms with Crippen molar-refractivity contribution in [1.82, 2.24) is 10.2 Å². The molecule has 2 aliphatic heterocycles. The monoisotopic (exact) mass is 498 g/mol. The molecule has 10 heteroatoms. The van der Waals surface area contributed by atoms with E-state index < -0.39 is 21.8 Å². The van der Waals surface area contributed by atoms with Crippen LogP contribution in [0.5, 0.6) is 0 Å². The number of benzene rings is 2. The molecule has 0 aromatic heterocycles. The van der Waals surface area contributed by atoms with Gasteiger partial charge in [0.25, 0.3) is 10.0 Å². The topological polar surface area (TPSA) is 116 Å². The first-order valence-corrected chi connectivity index (χ1v) is 13.3. The van der Waals surface area contributed by atoms with Gasteiger partial charge in [-0.25, -0.2) is 8.42 Å². The zero-order valence-corrected chi connectivity index (χ0v) is 20.6. The van der Waals surface area contributed by atoms with Crippen molar-refractivity contribution in [3.8, 4) is 0 Å². The number of carbonyl (C=O) groups excluding carboxylic acids is 3. The Balaban J connectivity index is 1.40. The van der Waals surface area contributed by atoms with E-state index in [0.717, 1.165) is 30.5 Å². The average molecular weight is 499 g/mol. The van der Waals surface area contributed by atoms with E-state index in [4.69, 9.17) is 0 Å². The highest BCUT2D eigenvalue weighted by Gasteiger charge is 2.29. The number of sulfonamides is 1. The summed E-state index contributed by atoms with van der Waals surface area (Å²) in [5, 5.41) is 5.13. The van der Waals surface area contributed by atoms with Crippen LogP contribution in [0.4, 0.5) is 11.4 Å². The van der Waals surface area contributed by atoms with Gasteiger partial charge in [0.1, 0.15) is 0 Å². The first kappa shape index (κ1) is 24.7. The summed E-state index contributed by atoms with van der Waals surface area (Å²) in [6.07, 6.45) is 3.41. The van der Waals surface area contributed by atoms with E-state index in [0.29, 0.717) is 43.7 Å². The lowest BCUT2D eigenvalue weighted by molar-refractivity contribution is -0.136. The number of amides is 3. The Morgan fingerprint density at radius 3 is 2.43 bits per heavy atom. The van der Waals surface area contributed by atoms with Gasteiger partial charge >= 0.3 is 11.8 Å². The zero-order valence-electron chi connectivity index (χ0n) is 19.7. The molecule has 2 N–H and O–H groups in total. The van der Waals surface area contributed by atoms with Crippen LogP contribution < -0.4 is 14.9 Å². The van der Waals surface area contributed by atoms with Gasteiger partial charge < -0.3 is 15.5 Å². The molecule has 0 saturated carbocycles. The van der Waals surface area contributed by atoms with Gasteiger partial charge in [0.15, 0.2) is 0 Å². The number of fused-ring (bicyclic) bond motifs is 1. The number of nitrogens with zero attached hydrogens (tertiary/aromatic N) is 2. The maximum absolute atomic E-state index is 13.3. The third-order valence-corrected chi connectivity index (χ3v) is 8.12. The van der Waals surface area contributed by atoms with Crippen LogP contribution in [0.25, 0.3) is 0 Å². The molecule has 0 radical (unpaired) electrons. The van der Waals surface area contributed by atoms with Crippen LogP contribution >= 0.6 is 0 Å². The van der Waals surface area contributed by atoms with E-state index in [9.17, 15) is 22.8 Å². The second-order valence-electron chi connectivity index (χ2n) is 8.89. The maximum Gasteiger partial charge on any atom is 0.313 e. The van der Waals surface area contributed by atoms with Crippen LogP contribution in [0.15, 0.2) is 47.4 Å². The minimum absolute atomic E-state index is 0.125. The number of nitrogens with one attached hydrogen (secondary N) is 2. The average Bonchev–Trinajstić information content (AvgIpc) is 3.26. The summed E-state index contributed by atoms with van der Waals surface area (Å²) in [5.41, 5.74) is 2.68. The van der Waals surface area contributed by atoms with Crippen LogP contribution in [0.2, 0.25) is 0 Å². The van der Waals surface area contributed by atoms with Crippen molar-refractivity contribution < 1.29 is 22.8 Å². The van der Waals surface area contributed by atoms with Crippen molar-refractivity contribution in [2.75, 3.05) is 35.8 Å². The maximum atomic E-state index is 13.3. The summed E-state index contributed by atoms with van der Waals surface area (Å²) in [4.78, 5) is 38.2. The summed E-state index contributed by atoms with van der Waals surface area (Å²) in [7, 11) is -3.77. The molecule has 1 saturated heterocycles. The van der Waals surface area contributed by atoms with Crippen molar-refractivity contribution in [3.05, 3.63) is 53.6 Å². The Bertz CT molecular complexity index is 1230. The standard InChI is InChI=1S/C25H30N4O5S/c1-18-7-11-21(12-8-18)35(33,34)29-16-2-5-19-9-10-20(17-22(19)29)27-25(32)24(31)26-13-4-15-28-14-3-6-23(28)30/h7-12,17H,2-6,13-16H2,1H3,(H,26,31)(H,27,32). The van der Waals surface area contributed by atoms with E-state index in [1.807, 2.05) is 6.92 Å². The second-order valence-corrected chi connectivity index (χ2v) is 10.7. The van der Waals surface area contributed by atoms with Crippen molar-refractivity contribution in [3.63, 3.8) is 0 Å². The third kappa shape index (κ3) is 5.64. The van der Waals surface area contributed by atoms with Crippen LogP contribution in [-0.4, -0.2) is 57.2 Å². The smallest absolute Gasteiger partial charge is 0.313 e. The minimum Gasteiger partial charge on any atom is -0.348 e. The number of carbonyl (C=O) groups is 3. The first-order valence-electron chi connectivity index (χ1n) is 11.8. The molecule has 2 aromatic rings. The van der Waals surface area contributed by atoms with Crippen molar-refractivity contribution in [1.29, 1.82) is 0 Å². The molecule has 0 unspecified atom stereocenters. The van der Waals surface area contributed by atoms with Crippen molar-refractivity contribution >= 4 is 39.1 Å². The highest BCUT2D eigenvalue weighted by atomic mass is 32.2. The number of hydrogen-bond donors (Lipinski definition) is 2. The SMILES string of the molecule is Cc1ccc(S(=O)(=O)N2CCCc3ccc(NC(=O)C(=O)NCCCN4CCCC4=O)cc32)cc1. The highest BCUT2D eigenvalue weighted by molar-refractivity contribution is 7.92. The molecule has 2 aliphatic rings. The highest BCUT2D eigenvalue weighted by Crippen LogP contribution is 2.34. The zero-order chi connectivity index (χ0) is 25.0. The van der Waals surface area contributed by atoms with Crippen LogP contribution in [0.1, 0.15) is 36.8 Å². The fraction of sp³-hybridized carbons (Fsp3) is 0.400. The number of rotatable bonds is 7. The van der Waals surface area contributed by atoms with E-state index in [1.54, 1.807) is 47.4 Å².